The van der Waals surface area contributed by atoms with Crippen LogP contribution in [0.4, 0.5) is 5.69 Å². The Labute approximate surface area is 109 Å². The number of aromatic nitrogens is 2. The van der Waals surface area contributed by atoms with Crippen LogP contribution in [0.3, 0.4) is 0 Å². The molecule has 0 radical (unpaired) electrons. The second-order valence-electron chi connectivity index (χ2n) is 3.97. The lowest BCUT2D eigenvalue weighted by Crippen LogP contribution is -2.14. The molecule has 2 aromatic rings. The molecular formula is C12H14N4OS. The average Bonchev–Trinajstić information content (AvgIpc) is 2.76. The molecule has 2 rings (SSSR count). The molecule has 0 bridgehead atoms. The van der Waals surface area contributed by atoms with E-state index in [4.69, 9.17) is 5.73 Å². The Balaban J connectivity index is 2.14. The van der Waals surface area contributed by atoms with E-state index < -0.39 is 5.91 Å². The fraction of sp³-hybridized carbons (Fsp3) is 0.250. The second kappa shape index (κ2) is 5.14. The van der Waals surface area contributed by atoms with Crippen molar-refractivity contribution in [3.05, 3.63) is 40.1 Å². The summed E-state index contributed by atoms with van der Waals surface area (Å²) < 4.78 is 0. The maximum atomic E-state index is 11.0. The van der Waals surface area contributed by atoms with Crippen LogP contribution in [0.15, 0.2) is 24.5 Å². The molecule has 1 amide bonds. The third-order valence-electron chi connectivity index (χ3n) is 2.41. The van der Waals surface area contributed by atoms with Crippen LogP contribution in [0.1, 0.15) is 33.3 Å². The lowest BCUT2D eigenvalue weighted by molar-refractivity contribution is 0.0995. The summed E-state index contributed by atoms with van der Waals surface area (Å²) in [6.07, 6.45) is 3.40. The highest BCUT2D eigenvalue weighted by molar-refractivity contribution is 7.11. The normalized spacial score (nSPS) is 12.1. The number of nitrogens with zero attached hydrogens (tertiary/aromatic N) is 2. The number of aryl methyl sites for hydroxylation is 1. The first-order valence-electron chi connectivity index (χ1n) is 5.51. The molecule has 2 heterocycles. The van der Waals surface area contributed by atoms with Gasteiger partial charge in [-0.15, -0.1) is 11.3 Å². The zero-order valence-electron chi connectivity index (χ0n) is 10.2. The standard InChI is InChI=1S/C12H14N4OS/c1-7-6-15-12(18-7)8(2)16-9-3-4-14-10(5-9)11(13)17/h3-6,8H,1-2H3,(H2,13,17)(H,14,16). The van der Waals surface area contributed by atoms with Gasteiger partial charge in [0.05, 0.1) is 6.04 Å². The number of rotatable bonds is 4. The van der Waals surface area contributed by atoms with Gasteiger partial charge in [0.2, 0.25) is 0 Å². The van der Waals surface area contributed by atoms with E-state index in [-0.39, 0.29) is 11.7 Å². The first-order valence-corrected chi connectivity index (χ1v) is 6.32. The van der Waals surface area contributed by atoms with Gasteiger partial charge in [0, 0.05) is 23.0 Å². The van der Waals surface area contributed by atoms with Crippen molar-refractivity contribution >= 4 is 22.9 Å². The summed E-state index contributed by atoms with van der Waals surface area (Å²) in [6, 6.07) is 3.51. The number of carbonyl (C=O) groups is 1. The van der Waals surface area contributed by atoms with Crippen LogP contribution in [0.25, 0.3) is 0 Å². The van der Waals surface area contributed by atoms with Crippen molar-refractivity contribution < 1.29 is 4.79 Å². The highest BCUT2D eigenvalue weighted by atomic mass is 32.1. The smallest absolute Gasteiger partial charge is 0.267 e. The summed E-state index contributed by atoms with van der Waals surface area (Å²) in [5.41, 5.74) is 6.25. The van der Waals surface area contributed by atoms with E-state index in [1.165, 1.54) is 4.88 Å². The topological polar surface area (TPSA) is 80.9 Å². The molecule has 0 aliphatic carbocycles. The lowest BCUT2D eigenvalue weighted by atomic mass is 10.2. The minimum atomic E-state index is -0.531. The molecule has 1 atom stereocenters. The number of hydrogen-bond acceptors (Lipinski definition) is 5. The Morgan fingerprint density at radius 2 is 2.28 bits per heavy atom. The Kier molecular flexibility index (Phi) is 3.57. The summed E-state index contributed by atoms with van der Waals surface area (Å²) in [6.45, 7) is 4.04. The van der Waals surface area contributed by atoms with Gasteiger partial charge in [-0.1, -0.05) is 0 Å². The van der Waals surface area contributed by atoms with Crippen molar-refractivity contribution in [3.8, 4) is 0 Å². The highest BCUT2D eigenvalue weighted by Crippen LogP contribution is 2.23. The number of nitrogens with one attached hydrogen (secondary N) is 1. The zero-order chi connectivity index (χ0) is 13.1. The number of carbonyl (C=O) groups excluding carboxylic acids is 1. The largest absolute Gasteiger partial charge is 0.376 e. The molecule has 0 aliphatic rings. The number of amides is 1. The summed E-state index contributed by atoms with van der Waals surface area (Å²) in [5, 5.41) is 4.27. The number of thiazole rings is 1. The average molecular weight is 262 g/mol. The molecular weight excluding hydrogens is 248 g/mol. The molecule has 0 aliphatic heterocycles. The van der Waals surface area contributed by atoms with E-state index in [1.54, 1.807) is 29.7 Å². The van der Waals surface area contributed by atoms with Gasteiger partial charge in [0.25, 0.3) is 5.91 Å². The minimum absolute atomic E-state index is 0.0758. The highest BCUT2D eigenvalue weighted by Gasteiger charge is 2.10. The van der Waals surface area contributed by atoms with Gasteiger partial charge in [-0.25, -0.2) is 4.98 Å². The van der Waals surface area contributed by atoms with Crippen molar-refractivity contribution in [3.63, 3.8) is 0 Å². The summed E-state index contributed by atoms with van der Waals surface area (Å²) in [7, 11) is 0. The predicted octanol–water partition coefficient (Wildman–Crippen LogP) is 2.12. The van der Waals surface area contributed by atoms with E-state index in [2.05, 4.69) is 15.3 Å². The van der Waals surface area contributed by atoms with Crippen molar-refractivity contribution in [1.29, 1.82) is 0 Å². The fourth-order valence-corrected chi connectivity index (χ4v) is 2.32. The number of hydrogen-bond donors (Lipinski definition) is 2. The zero-order valence-corrected chi connectivity index (χ0v) is 11.0. The van der Waals surface area contributed by atoms with Crippen LogP contribution in [-0.4, -0.2) is 15.9 Å². The summed E-state index contributed by atoms with van der Waals surface area (Å²) >= 11 is 1.64. The number of pyridine rings is 1. The van der Waals surface area contributed by atoms with Crippen LogP contribution in [-0.2, 0) is 0 Å². The molecule has 0 saturated carbocycles. The molecule has 3 N–H and O–H groups in total. The van der Waals surface area contributed by atoms with E-state index >= 15 is 0 Å². The van der Waals surface area contributed by atoms with Gasteiger partial charge >= 0.3 is 0 Å². The van der Waals surface area contributed by atoms with Crippen LogP contribution in [0.5, 0.6) is 0 Å². The lowest BCUT2D eigenvalue weighted by Gasteiger charge is -2.12. The fourth-order valence-electron chi connectivity index (χ4n) is 1.54. The molecule has 18 heavy (non-hydrogen) atoms. The molecule has 2 aromatic heterocycles. The van der Waals surface area contributed by atoms with Gasteiger partial charge in [0.1, 0.15) is 10.7 Å². The van der Waals surface area contributed by atoms with Gasteiger partial charge in [-0.2, -0.15) is 0 Å². The molecule has 5 nitrogen and oxygen atoms in total. The van der Waals surface area contributed by atoms with E-state index in [1.807, 2.05) is 20.0 Å². The number of nitrogens with two attached hydrogens (primary N) is 1. The van der Waals surface area contributed by atoms with Crippen LogP contribution in [0.2, 0.25) is 0 Å². The van der Waals surface area contributed by atoms with Gasteiger partial charge < -0.3 is 11.1 Å². The Morgan fingerprint density at radius 3 is 2.89 bits per heavy atom. The molecule has 0 aromatic carbocycles. The maximum Gasteiger partial charge on any atom is 0.267 e. The minimum Gasteiger partial charge on any atom is -0.376 e. The van der Waals surface area contributed by atoms with Crippen molar-refractivity contribution in [2.24, 2.45) is 5.73 Å². The molecule has 0 spiro atoms. The Morgan fingerprint density at radius 1 is 1.50 bits per heavy atom. The summed E-state index contributed by atoms with van der Waals surface area (Å²) in [4.78, 5) is 20.4. The van der Waals surface area contributed by atoms with E-state index in [0.29, 0.717) is 0 Å². The Bertz CT molecular complexity index is 567. The van der Waals surface area contributed by atoms with Crippen LogP contribution < -0.4 is 11.1 Å². The number of primary amides is 1. The monoisotopic (exact) mass is 262 g/mol. The van der Waals surface area contributed by atoms with Gasteiger partial charge in [-0.05, 0) is 26.0 Å². The van der Waals surface area contributed by atoms with Gasteiger partial charge in [-0.3, -0.25) is 9.78 Å². The van der Waals surface area contributed by atoms with E-state index in [0.717, 1.165) is 10.7 Å². The van der Waals surface area contributed by atoms with Gasteiger partial charge in [0.15, 0.2) is 0 Å². The SMILES string of the molecule is Cc1cnc(C(C)Nc2ccnc(C(N)=O)c2)s1. The second-order valence-corrected chi connectivity index (χ2v) is 5.24. The molecule has 94 valence electrons. The first-order chi connectivity index (χ1) is 8.56. The molecule has 0 fully saturated rings. The molecule has 6 heteroatoms. The molecule has 0 saturated heterocycles. The summed E-state index contributed by atoms with van der Waals surface area (Å²) in [5.74, 6) is -0.531. The van der Waals surface area contributed by atoms with Crippen LogP contribution in [0, 0.1) is 6.92 Å². The van der Waals surface area contributed by atoms with Crippen molar-refractivity contribution in [1.82, 2.24) is 9.97 Å². The predicted molar refractivity (Wildman–Crippen MR) is 71.6 cm³/mol. The van der Waals surface area contributed by atoms with Crippen molar-refractivity contribution in [2.75, 3.05) is 5.32 Å². The first kappa shape index (κ1) is 12.5. The van der Waals surface area contributed by atoms with Crippen molar-refractivity contribution in [2.45, 2.75) is 19.9 Å². The third kappa shape index (κ3) is 2.84. The Hall–Kier alpha value is -1.95. The maximum absolute atomic E-state index is 11.0. The third-order valence-corrected chi connectivity index (χ3v) is 3.50. The quantitative estimate of drug-likeness (QED) is 0.884. The van der Waals surface area contributed by atoms with E-state index in [9.17, 15) is 4.79 Å². The molecule has 1 unspecified atom stereocenters. The number of anilines is 1. The van der Waals surface area contributed by atoms with Crippen LogP contribution >= 0.6 is 11.3 Å².